The third-order valence-electron chi connectivity index (χ3n) is 1.79. The van der Waals surface area contributed by atoms with Gasteiger partial charge in [-0.15, -0.1) is 0 Å². The lowest BCUT2D eigenvalue weighted by molar-refractivity contribution is -0.0238. The van der Waals surface area contributed by atoms with Crippen LogP contribution in [0.4, 0.5) is 0 Å². The summed E-state index contributed by atoms with van der Waals surface area (Å²) in [5, 5.41) is 0.669. The van der Waals surface area contributed by atoms with Gasteiger partial charge in [-0.2, -0.15) is 0 Å². The maximum absolute atomic E-state index is 5.79. The van der Waals surface area contributed by atoms with Gasteiger partial charge in [-0.3, -0.25) is 4.84 Å². The van der Waals surface area contributed by atoms with Crippen LogP contribution >= 0.6 is 23.2 Å². The molecule has 0 spiro atoms. The van der Waals surface area contributed by atoms with Gasteiger partial charge in [-0.1, -0.05) is 23.2 Å². The van der Waals surface area contributed by atoms with Crippen molar-refractivity contribution < 1.29 is 4.84 Å². The summed E-state index contributed by atoms with van der Waals surface area (Å²) in [6, 6.07) is 1.68. The Bertz CT molecular complexity index is 315. The summed E-state index contributed by atoms with van der Waals surface area (Å²) >= 11 is 11.4. The Kier molecular flexibility index (Phi) is 3.14. The first-order valence-corrected chi connectivity index (χ1v) is 4.42. The van der Waals surface area contributed by atoms with Gasteiger partial charge in [0.1, 0.15) is 10.8 Å². The highest BCUT2D eigenvalue weighted by Crippen LogP contribution is 2.27. The number of hydrogen-bond donors (Lipinski definition) is 1. The van der Waals surface area contributed by atoms with Crippen LogP contribution in [0, 0.1) is 0 Å². The molecule has 0 saturated heterocycles. The van der Waals surface area contributed by atoms with Gasteiger partial charge >= 0.3 is 0 Å². The molecular formula is C8H10Cl2N2O. The maximum Gasteiger partial charge on any atom is 0.147 e. The van der Waals surface area contributed by atoms with E-state index < -0.39 is 5.60 Å². The van der Waals surface area contributed by atoms with E-state index in [0.717, 1.165) is 5.56 Å². The van der Waals surface area contributed by atoms with Crippen LogP contribution in [0.5, 0.6) is 0 Å². The largest absolute Gasteiger partial charge is 0.294 e. The molecule has 0 aliphatic rings. The van der Waals surface area contributed by atoms with Crippen LogP contribution in [0.1, 0.15) is 19.4 Å². The Morgan fingerprint density at radius 2 is 2.08 bits per heavy atom. The zero-order valence-electron chi connectivity index (χ0n) is 7.34. The van der Waals surface area contributed by atoms with Crippen molar-refractivity contribution in [1.29, 1.82) is 0 Å². The normalized spacial score (nSPS) is 11.8. The van der Waals surface area contributed by atoms with Crippen molar-refractivity contribution in [3.8, 4) is 0 Å². The van der Waals surface area contributed by atoms with Gasteiger partial charge in [-0.25, -0.2) is 10.9 Å². The van der Waals surface area contributed by atoms with Crippen LogP contribution in [0.2, 0.25) is 10.2 Å². The maximum atomic E-state index is 5.79. The zero-order valence-corrected chi connectivity index (χ0v) is 8.86. The molecule has 0 fully saturated rings. The van der Waals surface area contributed by atoms with Crippen LogP contribution in [-0.4, -0.2) is 4.98 Å². The first-order chi connectivity index (χ1) is 5.97. The molecule has 0 amide bonds. The quantitative estimate of drug-likeness (QED) is 0.616. The van der Waals surface area contributed by atoms with Crippen LogP contribution in [0.3, 0.4) is 0 Å². The predicted molar refractivity (Wildman–Crippen MR) is 52.6 cm³/mol. The molecule has 1 heterocycles. The van der Waals surface area contributed by atoms with Crippen molar-refractivity contribution in [3.05, 3.63) is 28.0 Å². The Hall–Kier alpha value is -0.350. The third-order valence-corrected chi connectivity index (χ3v) is 2.47. The lowest BCUT2D eigenvalue weighted by Crippen LogP contribution is -2.25. The molecule has 1 rings (SSSR count). The molecule has 0 bridgehead atoms. The Morgan fingerprint density at radius 3 is 2.54 bits per heavy atom. The van der Waals surface area contributed by atoms with Crippen molar-refractivity contribution in [2.24, 2.45) is 5.90 Å². The Labute approximate surface area is 86.8 Å². The average Bonchev–Trinajstić information content (AvgIpc) is 2.09. The average molecular weight is 221 g/mol. The molecule has 0 aliphatic carbocycles. The first kappa shape index (κ1) is 10.7. The van der Waals surface area contributed by atoms with E-state index in [1.54, 1.807) is 12.3 Å². The summed E-state index contributed by atoms with van der Waals surface area (Å²) in [7, 11) is 0. The van der Waals surface area contributed by atoms with E-state index in [1.165, 1.54) is 0 Å². The Morgan fingerprint density at radius 1 is 1.46 bits per heavy atom. The molecule has 1 aromatic rings. The van der Waals surface area contributed by atoms with E-state index in [-0.39, 0.29) is 5.15 Å². The second-order valence-corrected chi connectivity index (χ2v) is 3.89. The number of halogens is 2. The number of hydrogen-bond acceptors (Lipinski definition) is 3. The highest BCUT2D eigenvalue weighted by atomic mass is 35.5. The summed E-state index contributed by atoms with van der Waals surface area (Å²) in [5.74, 6) is 5.12. The summed E-state index contributed by atoms with van der Waals surface area (Å²) in [6.45, 7) is 3.63. The summed E-state index contributed by atoms with van der Waals surface area (Å²) in [5.41, 5.74) is 0.172. The second kappa shape index (κ2) is 3.80. The first-order valence-electron chi connectivity index (χ1n) is 3.67. The van der Waals surface area contributed by atoms with E-state index >= 15 is 0 Å². The minimum atomic E-state index is -0.610. The highest BCUT2D eigenvalue weighted by Gasteiger charge is 2.21. The molecule has 0 radical (unpaired) electrons. The van der Waals surface area contributed by atoms with Crippen LogP contribution in [-0.2, 0) is 10.4 Å². The molecule has 0 aliphatic heterocycles. The Balaban J connectivity index is 3.10. The standard InChI is InChI=1S/C8H10Cl2N2O/c1-8(2,13-11)5-3-6(9)7(10)12-4-5/h3-4H,11H2,1-2H3. The fourth-order valence-corrected chi connectivity index (χ4v) is 1.09. The molecule has 0 atom stereocenters. The smallest absolute Gasteiger partial charge is 0.147 e. The lowest BCUT2D eigenvalue weighted by atomic mass is 10.0. The van der Waals surface area contributed by atoms with Gasteiger partial charge in [0.05, 0.1) is 5.02 Å². The fraction of sp³-hybridized carbons (Fsp3) is 0.375. The van der Waals surface area contributed by atoms with E-state index in [4.69, 9.17) is 33.9 Å². The van der Waals surface area contributed by atoms with Crippen LogP contribution < -0.4 is 5.90 Å². The lowest BCUT2D eigenvalue weighted by Gasteiger charge is -2.21. The highest BCUT2D eigenvalue weighted by molar-refractivity contribution is 6.41. The molecule has 0 unspecified atom stereocenters. The van der Waals surface area contributed by atoms with E-state index in [9.17, 15) is 0 Å². The van der Waals surface area contributed by atoms with Gasteiger partial charge < -0.3 is 0 Å². The second-order valence-electron chi connectivity index (χ2n) is 3.12. The third kappa shape index (κ3) is 2.31. The van der Waals surface area contributed by atoms with E-state index in [0.29, 0.717) is 5.02 Å². The minimum Gasteiger partial charge on any atom is -0.294 e. The number of nitrogens with zero attached hydrogens (tertiary/aromatic N) is 1. The predicted octanol–water partition coefficient (Wildman–Crippen LogP) is 2.51. The topological polar surface area (TPSA) is 48.1 Å². The minimum absolute atomic E-state index is 0.276. The molecule has 3 nitrogen and oxygen atoms in total. The molecule has 13 heavy (non-hydrogen) atoms. The van der Waals surface area contributed by atoms with Gasteiger partial charge in [0.15, 0.2) is 0 Å². The van der Waals surface area contributed by atoms with Crippen molar-refractivity contribution >= 4 is 23.2 Å². The van der Waals surface area contributed by atoms with Crippen molar-refractivity contribution in [2.45, 2.75) is 19.4 Å². The summed E-state index contributed by atoms with van der Waals surface area (Å²) < 4.78 is 0. The number of pyridine rings is 1. The molecule has 72 valence electrons. The van der Waals surface area contributed by atoms with Crippen molar-refractivity contribution in [2.75, 3.05) is 0 Å². The SMILES string of the molecule is CC(C)(ON)c1cnc(Cl)c(Cl)c1. The summed E-state index contributed by atoms with van der Waals surface area (Å²) in [4.78, 5) is 8.67. The van der Waals surface area contributed by atoms with Crippen LogP contribution in [0.25, 0.3) is 0 Å². The zero-order chi connectivity index (χ0) is 10.1. The van der Waals surface area contributed by atoms with Gasteiger partial charge in [-0.05, 0) is 19.9 Å². The van der Waals surface area contributed by atoms with E-state index in [1.807, 2.05) is 13.8 Å². The molecule has 2 N–H and O–H groups in total. The molecule has 0 saturated carbocycles. The fourth-order valence-electron chi connectivity index (χ4n) is 0.819. The van der Waals surface area contributed by atoms with Gasteiger partial charge in [0.2, 0.25) is 0 Å². The van der Waals surface area contributed by atoms with Crippen LogP contribution in [0.15, 0.2) is 12.3 Å². The molecular weight excluding hydrogens is 211 g/mol. The number of rotatable bonds is 2. The van der Waals surface area contributed by atoms with E-state index in [2.05, 4.69) is 4.98 Å². The number of nitrogens with two attached hydrogens (primary N) is 1. The van der Waals surface area contributed by atoms with Gasteiger partial charge in [0.25, 0.3) is 0 Å². The monoisotopic (exact) mass is 220 g/mol. The number of aromatic nitrogens is 1. The van der Waals surface area contributed by atoms with Crippen molar-refractivity contribution in [3.63, 3.8) is 0 Å². The summed E-state index contributed by atoms with van der Waals surface area (Å²) in [6.07, 6.45) is 1.58. The molecule has 1 aromatic heterocycles. The van der Waals surface area contributed by atoms with Gasteiger partial charge in [0, 0.05) is 11.8 Å². The molecule has 5 heteroatoms. The van der Waals surface area contributed by atoms with Crippen molar-refractivity contribution in [1.82, 2.24) is 4.98 Å². The molecule has 0 aromatic carbocycles.